The standard InChI is InChI=1S/C28H36N4O3S/c1-20-18-29-27(31-21-13-15-24(16-14-21)35-23-10-6-5-7-11-23)32-26(20)30-22-9-8-12-25(17-22)36(33,34)19-28(2,3)4/h8-9,12-18,23H,5-7,10-11,19H2,1-4H3,(H2,29,30,31,32). The van der Waals surface area contributed by atoms with Gasteiger partial charge in [-0.2, -0.15) is 4.98 Å². The average molecular weight is 509 g/mol. The third kappa shape index (κ3) is 7.20. The molecule has 1 aromatic heterocycles. The zero-order valence-corrected chi connectivity index (χ0v) is 22.4. The summed E-state index contributed by atoms with van der Waals surface area (Å²) in [7, 11) is -3.40. The Kier molecular flexibility index (Phi) is 7.83. The monoisotopic (exact) mass is 508 g/mol. The highest BCUT2D eigenvalue weighted by molar-refractivity contribution is 7.91. The van der Waals surface area contributed by atoms with Crippen molar-refractivity contribution < 1.29 is 13.2 Å². The van der Waals surface area contributed by atoms with Crippen LogP contribution in [0.1, 0.15) is 58.4 Å². The Morgan fingerprint density at radius 1 is 0.972 bits per heavy atom. The fourth-order valence-electron chi connectivity index (χ4n) is 4.31. The Morgan fingerprint density at radius 2 is 1.69 bits per heavy atom. The molecule has 3 aromatic rings. The smallest absolute Gasteiger partial charge is 0.229 e. The summed E-state index contributed by atoms with van der Waals surface area (Å²) in [6.45, 7) is 7.66. The molecule has 0 bridgehead atoms. The molecular weight excluding hydrogens is 472 g/mol. The van der Waals surface area contributed by atoms with Gasteiger partial charge in [-0.15, -0.1) is 0 Å². The van der Waals surface area contributed by atoms with Crippen LogP contribution in [0, 0.1) is 12.3 Å². The number of benzene rings is 2. The van der Waals surface area contributed by atoms with Gasteiger partial charge in [0, 0.05) is 23.1 Å². The van der Waals surface area contributed by atoms with E-state index in [1.807, 2.05) is 58.0 Å². The SMILES string of the molecule is Cc1cnc(Nc2ccc(OC3CCCCC3)cc2)nc1Nc1cccc(S(=O)(=O)CC(C)(C)C)c1. The lowest BCUT2D eigenvalue weighted by Crippen LogP contribution is -2.20. The molecule has 2 aromatic carbocycles. The van der Waals surface area contributed by atoms with E-state index in [2.05, 4.69) is 20.6 Å². The third-order valence-corrected chi connectivity index (χ3v) is 8.23. The second-order valence-corrected chi connectivity index (χ2v) is 12.7. The normalized spacial score (nSPS) is 14.9. The average Bonchev–Trinajstić information content (AvgIpc) is 2.82. The lowest BCUT2D eigenvalue weighted by Gasteiger charge is -2.23. The molecule has 0 atom stereocenters. The number of nitrogens with one attached hydrogen (secondary N) is 2. The zero-order valence-electron chi connectivity index (χ0n) is 21.5. The van der Waals surface area contributed by atoms with Crippen molar-refractivity contribution >= 4 is 33.0 Å². The molecule has 0 radical (unpaired) electrons. The Hall–Kier alpha value is -3.13. The number of rotatable bonds is 8. The third-order valence-electron chi connectivity index (χ3n) is 6.02. The van der Waals surface area contributed by atoms with Crippen LogP contribution in [0.25, 0.3) is 0 Å². The molecule has 8 heteroatoms. The van der Waals surface area contributed by atoms with Crippen molar-refractivity contribution in [1.82, 2.24) is 9.97 Å². The number of aromatic nitrogens is 2. The molecule has 1 saturated carbocycles. The van der Waals surface area contributed by atoms with E-state index in [0.29, 0.717) is 28.5 Å². The first-order valence-corrected chi connectivity index (χ1v) is 14.2. The minimum Gasteiger partial charge on any atom is -0.490 e. The van der Waals surface area contributed by atoms with Crippen molar-refractivity contribution in [3.8, 4) is 5.75 Å². The topological polar surface area (TPSA) is 93.2 Å². The number of sulfone groups is 1. The lowest BCUT2D eigenvalue weighted by molar-refractivity contribution is 0.155. The van der Waals surface area contributed by atoms with Gasteiger partial charge in [-0.05, 0) is 80.5 Å². The first-order chi connectivity index (χ1) is 17.1. The van der Waals surface area contributed by atoms with Crippen molar-refractivity contribution in [1.29, 1.82) is 0 Å². The molecule has 1 aliphatic carbocycles. The van der Waals surface area contributed by atoms with Gasteiger partial charge >= 0.3 is 0 Å². The van der Waals surface area contributed by atoms with Crippen LogP contribution in [0.3, 0.4) is 0 Å². The predicted molar refractivity (Wildman–Crippen MR) is 145 cm³/mol. The molecule has 1 fully saturated rings. The van der Waals surface area contributed by atoms with E-state index in [1.165, 1.54) is 19.3 Å². The molecule has 0 saturated heterocycles. The number of hydrogen-bond acceptors (Lipinski definition) is 7. The summed E-state index contributed by atoms with van der Waals surface area (Å²) < 4.78 is 31.8. The second-order valence-electron chi connectivity index (χ2n) is 10.7. The Labute approximate surface area is 214 Å². The Balaban J connectivity index is 1.45. The van der Waals surface area contributed by atoms with Crippen LogP contribution >= 0.6 is 0 Å². The highest BCUT2D eigenvalue weighted by Crippen LogP contribution is 2.27. The van der Waals surface area contributed by atoms with E-state index in [4.69, 9.17) is 4.74 Å². The van der Waals surface area contributed by atoms with Crippen LogP contribution in [0.2, 0.25) is 0 Å². The summed E-state index contributed by atoms with van der Waals surface area (Å²) in [5, 5.41) is 6.49. The number of anilines is 4. The van der Waals surface area contributed by atoms with Gasteiger partial charge in [-0.3, -0.25) is 0 Å². The summed E-state index contributed by atoms with van der Waals surface area (Å²) in [6, 6.07) is 14.7. The van der Waals surface area contributed by atoms with Crippen molar-refractivity contribution in [2.75, 3.05) is 16.4 Å². The molecule has 4 rings (SSSR count). The largest absolute Gasteiger partial charge is 0.490 e. The molecule has 0 amide bonds. The van der Waals surface area contributed by atoms with Crippen LogP contribution < -0.4 is 15.4 Å². The summed E-state index contributed by atoms with van der Waals surface area (Å²) in [5.74, 6) is 2.01. The van der Waals surface area contributed by atoms with E-state index < -0.39 is 9.84 Å². The lowest BCUT2D eigenvalue weighted by atomic mass is 9.98. The van der Waals surface area contributed by atoms with Gasteiger partial charge in [0.25, 0.3) is 0 Å². The van der Waals surface area contributed by atoms with Gasteiger partial charge in [0.15, 0.2) is 9.84 Å². The van der Waals surface area contributed by atoms with Crippen molar-refractivity contribution in [2.45, 2.75) is 70.8 Å². The predicted octanol–water partition coefficient (Wildman–Crippen LogP) is 6.80. The van der Waals surface area contributed by atoms with E-state index >= 15 is 0 Å². The van der Waals surface area contributed by atoms with Crippen LogP contribution in [0.5, 0.6) is 5.75 Å². The van der Waals surface area contributed by atoms with E-state index in [9.17, 15) is 8.42 Å². The molecule has 7 nitrogen and oxygen atoms in total. The Bertz CT molecular complexity index is 1280. The van der Waals surface area contributed by atoms with Gasteiger partial charge < -0.3 is 15.4 Å². The zero-order chi connectivity index (χ0) is 25.8. The number of hydrogen-bond donors (Lipinski definition) is 2. The molecule has 36 heavy (non-hydrogen) atoms. The first kappa shape index (κ1) is 25.9. The van der Waals surface area contributed by atoms with Crippen LogP contribution in [-0.2, 0) is 9.84 Å². The van der Waals surface area contributed by atoms with E-state index in [1.54, 1.807) is 24.4 Å². The maximum Gasteiger partial charge on any atom is 0.229 e. The summed E-state index contributed by atoms with van der Waals surface area (Å²) in [4.78, 5) is 9.31. The van der Waals surface area contributed by atoms with Crippen LogP contribution in [0.4, 0.5) is 23.1 Å². The fraction of sp³-hybridized carbons (Fsp3) is 0.429. The first-order valence-electron chi connectivity index (χ1n) is 12.5. The van der Waals surface area contributed by atoms with Crippen molar-refractivity contribution in [2.24, 2.45) is 5.41 Å². The highest BCUT2D eigenvalue weighted by atomic mass is 32.2. The van der Waals surface area contributed by atoms with E-state index in [0.717, 1.165) is 29.8 Å². The molecule has 1 heterocycles. The summed E-state index contributed by atoms with van der Waals surface area (Å²) in [5.41, 5.74) is 2.03. The molecule has 2 N–H and O–H groups in total. The van der Waals surface area contributed by atoms with Crippen molar-refractivity contribution in [3.05, 3.63) is 60.3 Å². The minimum absolute atomic E-state index is 0.0779. The molecule has 0 aliphatic heterocycles. The van der Waals surface area contributed by atoms with Crippen LogP contribution in [0.15, 0.2) is 59.6 Å². The number of aryl methyl sites for hydroxylation is 1. The molecule has 1 aliphatic rings. The van der Waals surface area contributed by atoms with Gasteiger partial charge in [-0.1, -0.05) is 33.3 Å². The molecular formula is C28H36N4O3S. The van der Waals surface area contributed by atoms with Crippen LogP contribution in [-0.4, -0.2) is 30.2 Å². The number of nitrogens with zero attached hydrogens (tertiary/aromatic N) is 2. The minimum atomic E-state index is -3.40. The highest BCUT2D eigenvalue weighted by Gasteiger charge is 2.23. The van der Waals surface area contributed by atoms with Crippen molar-refractivity contribution in [3.63, 3.8) is 0 Å². The quantitative estimate of drug-likeness (QED) is 0.345. The summed E-state index contributed by atoms with van der Waals surface area (Å²) >= 11 is 0. The maximum atomic E-state index is 12.8. The fourth-order valence-corrected chi connectivity index (χ4v) is 6.21. The maximum absolute atomic E-state index is 12.8. The summed E-state index contributed by atoms with van der Waals surface area (Å²) in [6.07, 6.45) is 8.08. The second kappa shape index (κ2) is 10.9. The number of ether oxygens (including phenoxy) is 1. The van der Waals surface area contributed by atoms with Gasteiger partial charge in [0.05, 0.1) is 16.8 Å². The van der Waals surface area contributed by atoms with E-state index in [-0.39, 0.29) is 11.2 Å². The van der Waals surface area contributed by atoms with Gasteiger partial charge in [0.2, 0.25) is 5.95 Å². The molecule has 0 unspecified atom stereocenters. The van der Waals surface area contributed by atoms with Gasteiger partial charge in [0.1, 0.15) is 11.6 Å². The molecule has 192 valence electrons. The Morgan fingerprint density at radius 3 is 2.39 bits per heavy atom. The van der Waals surface area contributed by atoms with Gasteiger partial charge in [-0.25, -0.2) is 13.4 Å². The molecule has 0 spiro atoms.